The predicted octanol–water partition coefficient (Wildman–Crippen LogP) is 1.33. The summed E-state index contributed by atoms with van der Waals surface area (Å²) in [6.07, 6.45) is 5.00. The second-order valence-electron chi connectivity index (χ2n) is 4.36. The van der Waals surface area contributed by atoms with Crippen LogP contribution in [0.3, 0.4) is 0 Å². The van der Waals surface area contributed by atoms with Crippen LogP contribution in [0.5, 0.6) is 0 Å². The molecule has 0 unspecified atom stereocenters. The lowest BCUT2D eigenvalue weighted by Gasteiger charge is -2.34. The fourth-order valence-electron chi connectivity index (χ4n) is 2.89. The van der Waals surface area contributed by atoms with Crippen molar-refractivity contribution in [1.82, 2.24) is 9.88 Å². The summed E-state index contributed by atoms with van der Waals surface area (Å²) in [6, 6.07) is 1.58. The maximum absolute atomic E-state index is 12.2. The summed E-state index contributed by atoms with van der Waals surface area (Å²) in [7, 11) is 0. The first-order chi connectivity index (χ1) is 7.70. The van der Waals surface area contributed by atoms with Crippen molar-refractivity contribution >= 4 is 11.7 Å². The van der Waals surface area contributed by atoms with Crippen LogP contribution in [-0.2, 0) is 4.79 Å². The average molecular weight is 216 g/mol. The van der Waals surface area contributed by atoms with Gasteiger partial charge in [-0.25, -0.2) is 0 Å². The second-order valence-corrected chi connectivity index (χ2v) is 4.36. The molecule has 1 saturated heterocycles. The molecule has 82 valence electrons. The molecule has 3 rings (SSSR count). The van der Waals surface area contributed by atoms with Gasteiger partial charge >= 0.3 is 0 Å². The fraction of sp³-hybridized carbons (Fsp3) is 0.417. The quantitative estimate of drug-likeness (QED) is 0.657. The molecule has 0 aliphatic carbocycles. The van der Waals surface area contributed by atoms with Gasteiger partial charge in [-0.1, -0.05) is 0 Å². The molecule has 1 aromatic heterocycles. The first-order valence-electron chi connectivity index (χ1n) is 5.47. The van der Waals surface area contributed by atoms with E-state index in [0.717, 1.165) is 24.0 Å². The summed E-state index contributed by atoms with van der Waals surface area (Å²) in [4.78, 5) is 29.5. The number of carbonyl (C=O) groups excluding carboxylic acids is 2. The minimum Gasteiger partial charge on any atom is -0.325 e. The Hall–Kier alpha value is -1.71. The molecular weight excluding hydrogens is 204 g/mol. The number of hydrogen-bond acceptors (Lipinski definition) is 3. The highest BCUT2D eigenvalue weighted by atomic mass is 16.2. The molecule has 4 heteroatoms. The second kappa shape index (κ2) is 3.14. The van der Waals surface area contributed by atoms with Gasteiger partial charge in [0.2, 0.25) is 5.91 Å². The number of rotatable bonds is 0. The molecule has 3 heterocycles. The van der Waals surface area contributed by atoms with Gasteiger partial charge in [0.1, 0.15) is 0 Å². The van der Waals surface area contributed by atoms with Crippen LogP contribution >= 0.6 is 0 Å². The van der Waals surface area contributed by atoms with Crippen LogP contribution in [0.25, 0.3) is 0 Å². The topological polar surface area (TPSA) is 50.3 Å². The Balaban J connectivity index is 2.18. The molecule has 2 atom stereocenters. The van der Waals surface area contributed by atoms with Gasteiger partial charge in [0.05, 0.1) is 12.1 Å². The van der Waals surface area contributed by atoms with E-state index >= 15 is 0 Å². The summed E-state index contributed by atoms with van der Waals surface area (Å²) in [5.74, 6) is 0.0525. The lowest BCUT2D eigenvalue weighted by atomic mass is 9.94. The number of ketones is 1. The number of amides is 1. The molecule has 4 nitrogen and oxygen atoms in total. The van der Waals surface area contributed by atoms with Crippen molar-refractivity contribution in [3.8, 4) is 0 Å². The van der Waals surface area contributed by atoms with E-state index < -0.39 is 0 Å². The molecule has 2 aliphatic rings. The highest BCUT2D eigenvalue weighted by Crippen LogP contribution is 2.42. The normalized spacial score (nSPS) is 26.8. The molecule has 1 amide bonds. The van der Waals surface area contributed by atoms with Crippen LogP contribution in [0, 0.1) is 0 Å². The molecule has 0 aromatic carbocycles. The molecule has 1 fully saturated rings. The Morgan fingerprint density at radius 3 is 2.94 bits per heavy atom. The number of fused-ring (bicyclic) bond motifs is 4. The summed E-state index contributed by atoms with van der Waals surface area (Å²) in [5, 5.41) is 0. The van der Waals surface area contributed by atoms with E-state index in [1.165, 1.54) is 6.92 Å². The van der Waals surface area contributed by atoms with E-state index in [1.54, 1.807) is 23.4 Å². The van der Waals surface area contributed by atoms with Crippen LogP contribution in [0.2, 0.25) is 0 Å². The van der Waals surface area contributed by atoms with Crippen LogP contribution in [0.4, 0.5) is 0 Å². The minimum atomic E-state index is -0.239. The number of pyridine rings is 1. The van der Waals surface area contributed by atoms with Crippen molar-refractivity contribution in [2.24, 2.45) is 0 Å². The third-order valence-corrected chi connectivity index (χ3v) is 3.53. The number of hydrogen-bond donors (Lipinski definition) is 0. The largest absolute Gasteiger partial charge is 0.325 e. The van der Waals surface area contributed by atoms with E-state index in [2.05, 4.69) is 4.98 Å². The zero-order chi connectivity index (χ0) is 11.3. The molecule has 16 heavy (non-hydrogen) atoms. The van der Waals surface area contributed by atoms with Crippen molar-refractivity contribution in [2.45, 2.75) is 31.8 Å². The van der Waals surface area contributed by atoms with E-state index in [0.29, 0.717) is 0 Å². The van der Waals surface area contributed by atoms with Gasteiger partial charge in [-0.3, -0.25) is 14.6 Å². The van der Waals surface area contributed by atoms with Gasteiger partial charge in [0, 0.05) is 30.4 Å². The van der Waals surface area contributed by atoms with Crippen molar-refractivity contribution < 1.29 is 9.59 Å². The number of Topliss-reactive ketones (excluding diaryl/α,β-unsaturated/α-hetero) is 1. The molecule has 0 N–H and O–H groups in total. The molecular formula is C12H12N2O2. The average Bonchev–Trinajstić information content (AvgIpc) is 2.67. The van der Waals surface area contributed by atoms with Crippen LogP contribution in [0.1, 0.15) is 41.7 Å². The van der Waals surface area contributed by atoms with Crippen LogP contribution in [-0.4, -0.2) is 27.6 Å². The summed E-state index contributed by atoms with van der Waals surface area (Å²) >= 11 is 0. The molecule has 0 saturated carbocycles. The van der Waals surface area contributed by atoms with Crippen molar-refractivity contribution in [2.75, 3.05) is 0 Å². The minimum absolute atomic E-state index is 0.0182. The Bertz CT molecular complexity index is 484. The monoisotopic (exact) mass is 216 g/mol. The zero-order valence-electron chi connectivity index (χ0n) is 9.01. The molecule has 1 aromatic rings. The zero-order valence-corrected chi connectivity index (χ0v) is 9.01. The summed E-state index contributed by atoms with van der Waals surface area (Å²) < 4.78 is 0. The van der Waals surface area contributed by atoms with E-state index in [-0.39, 0.29) is 23.8 Å². The van der Waals surface area contributed by atoms with Gasteiger partial charge in [-0.2, -0.15) is 0 Å². The number of aromatic nitrogens is 1. The molecule has 0 radical (unpaired) electrons. The first-order valence-corrected chi connectivity index (χ1v) is 5.47. The third kappa shape index (κ3) is 1.07. The maximum Gasteiger partial charge on any atom is 0.220 e. The standard InChI is InChI=1S/C12H12N2O2/c1-7(15)14-10-2-3-11(14)12(16)8-4-5-13-6-9(8)10/h4-6,10-11H,2-3H2,1H3/t10-,11+/m1/s1. The smallest absolute Gasteiger partial charge is 0.220 e. The van der Waals surface area contributed by atoms with Gasteiger partial charge in [0.25, 0.3) is 0 Å². The number of carbonyl (C=O) groups is 2. The fourth-order valence-corrected chi connectivity index (χ4v) is 2.89. The van der Waals surface area contributed by atoms with E-state index in [1.807, 2.05) is 0 Å². The van der Waals surface area contributed by atoms with Gasteiger partial charge in [-0.15, -0.1) is 0 Å². The molecule has 2 aliphatic heterocycles. The Morgan fingerprint density at radius 2 is 2.19 bits per heavy atom. The molecule has 2 bridgehead atoms. The van der Waals surface area contributed by atoms with Gasteiger partial charge in [0.15, 0.2) is 5.78 Å². The highest BCUT2D eigenvalue weighted by molar-refractivity contribution is 6.05. The Labute approximate surface area is 93.3 Å². The highest BCUT2D eigenvalue weighted by Gasteiger charge is 2.46. The van der Waals surface area contributed by atoms with Crippen molar-refractivity contribution in [3.63, 3.8) is 0 Å². The first kappa shape index (κ1) is 9.51. The summed E-state index contributed by atoms with van der Waals surface area (Å²) in [5.41, 5.74) is 1.66. The lowest BCUT2D eigenvalue weighted by molar-refractivity contribution is -0.131. The summed E-state index contributed by atoms with van der Waals surface area (Å²) in [6.45, 7) is 1.53. The van der Waals surface area contributed by atoms with E-state index in [9.17, 15) is 9.59 Å². The molecule has 0 spiro atoms. The van der Waals surface area contributed by atoms with Gasteiger partial charge < -0.3 is 4.90 Å². The lowest BCUT2D eigenvalue weighted by Crippen LogP contribution is -2.44. The third-order valence-electron chi connectivity index (χ3n) is 3.53. The SMILES string of the molecule is CC(=O)N1[C@@H]2CC[C@H]1C(=O)c1ccncc12. The van der Waals surface area contributed by atoms with Gasteiger partial charge in [-0.05, 0) is 18.9 Å². The maximum atomic E-state index is 12.2. The van der Waals surface area contributed by atoms with E-state index in [4.69, 9.17) is 0 Å². The Morgan fingerprint density at radius 1 is 1.44 bits per heavy atom. The Kier molecular flexibility index (Phi) is 1.87. The number of nitrogens with zero attached hydrogens (tertiary/aromatic N) is 2. The van der Waals surface area contributed by atoms with Crippen LogP contribution < -0.4 is 0 Å². The predicted molar refractivity (Wildman–Crippen MR) is 56.9 cm³/mol. The van der Waals surface area contributed by atoms with Crippen molar-refractivity contribution in [1.29, 1.82) is 0 Å². The van der Waals surface area contributed by atoms with Crippen LogP contribution in [0.15, 0.2) is 18.5 Å². The van der Waals surface area contributed by atoms with Crippen molar-refractivity contribution in [3.05, 3.63) is 29.6 Å².